The molecule has 4 atom stereocenters. The average molecular weight is 697 g/mol. The molecule has 2 fully saturated rings. The van der Waals surface area contributed by atoms with E-state index in [1.54, 1.807) is 31.2 Å². The number of nitrogens with zero attached hydrogens (tertiary/aromatic N) is 3. The number of aliphatic hydroxyl groups is 1. The lowest BCUT2D eigenvalue weighted by Crippen LogP contribution is -2.42. The Bertz CT molecular complexity index is 1860. The number of hydrogen-bond acceptors (Lipinski definition) is 7. The minimum Gasteiger partial charge on any atom is -0.454 e. The van der Waals surface area contributed by atoms with Gasteiger partial charge in [-0.25, -0.2) is 13.4 Å². The van der Waals surface area contributed by atoms with Crippen LogP contribution >= 0.6 is 23.2 Å². The molecule has 2 heterocycles. The van der Waals surface area contributed by atoms with E-state index in [0.29, 0.717) is 10.0 Å². The van der Waals surface area contributed by atoms with Gasteiger partial charge in [-0.05, 0) is 103 Å². The van der Waals surface area contributed by atoms with Gasteiger partial charge in [-0.15, -0.1) is 0 Å². The maximum atomic E-state index is 13.8. The van der Waals surface area contributed by atoms with Gasteiger partial charge in [0.05, 0.1) is 22.8 Å². The van der Waals surface area contributed by atoms with Gasteiger partial charge in [-0.1, -0.05) is 53.5 Å². The number of aliphatic hydroxyl groups excluding tert-OH is 1. The maximum absolute atomic E-state index is 13.8. The van der Waals surface area contributed by atoms with Crippen LogP contribution < -0.4 is 0 Å². The van der Waals surface area contributed by atoms with E-state index in [1.807, 2.05) is 43.3 Å². The second kappa shape index (κ2) is 13.5. The van der Waals surface area contributed by atoms with Gasteiger partial charge in [0.25, 0.3) is 5.91 Å². The first kappa shape index (κ1) is 33.4. The second-order valence-corrected chi connectivity index (χ2v) is 15.0. The number of halogens is 2. The SMILES string of the molecule is Cc1ccc(S(=O)(=O)N2CC(O)CC2C(=O)OCC(=O)N2N=C3/C(=C/c4ccc(Cl)cc4)CCCC3C2c2ccc(Cl)cc2)cc1C. The van der Waals surface area contributed by atoms with Crippen LogP contribution in [0.4, 0.5) is 0 Å². The normalized spacial score (nSPS) is 23.9. The fraction of sp³-hybridized carbons (Fsp3) is 0.343. The number of carbonyl (C=O) groups is 2. The quantitative estimate of drug-likeness (QED) is 0.299. The Kier molecular flexibility index (Phi) is 9.60. The number of hydrogen-bond donors (Lipinski definition) is 1. The molecule has 1 N–H and O–H groups in total. The summed E-state index contributed by atoms with van der Waals surface area (Å²) >= 11 is 12.3. The molecule has 3 aromatic rings. The highest BCUT2D eigenvalue weighted by Gasteiger charge is 2.46. The van der Waals surface area contributed by atoms with Crippen LogP contribution in [0.25, 0.3) is 6.08 Å². The van der Waals surface area contributed by atoms with Gasteiger partial charge < -0.3 is 9.84 Å². The van der Waals surface area contributed by atoms with E-state index >= 15 is 0 Å². The van der Waals surface area contributed by atoms with Crippen LogP contribution in [0.3, 0.4) is 0 Å². The lowest BCUT2D eigenvalue weighted by atomic mass is 9.77. The van der Waals surface area contributed by atoms with Gasteiger partial charge in [-0.3, -0.25) is 9.59 Å². The van der Waals surface area contributed by atoms with E-state index < -0.39 is 46.7 Å². The summed E-state index contributed by atoms with van der Waals surface area (Å²) in [5, 5.41) is 17.8. The van der Waals surface area contributed by atoms with Gasteiger partial charge in [0, 0.05) is 28.9 Å². The van der Waals surface area contributed by atoms with Gasteiger partial charge in [0.2, 0.25) is 10.0 Å². The molecule has 47 heavy (non-hydrogen) atoms. The molecule has 2 aliphatic heterocycles. The highest BCUT2D eigenvalue weighted by Crippen LogP contribution is 2.44. The molecule has 9 nitrogen and oxygen atoms in total. The Morgan fingerprint density at radius 2 is 1.68 bits per heavy atom. The van der Waals surface area contributed by atoms with Gasteiger partial charge in [-0.2, -0.15) is 9.41 Å². The molecule has 0 bridgehead atoms. The third kappa shape index (κ3) is 6.89. The monoisotopic (exact) mass is 695 g/mol. The van der Waals surface area contributed by atoms with Crippen LogP contribution in [-0.2, 0) is 24.3 Å². The fourth-order valence-corrected chi connectivity index (χ4v) is 8.49. The molecule has 0 spiro atoms. The molecular weight excluding hydrogens is 661 g/mol. The highest BCUT2D eigenvalue weighted by molar-refractivity contribution is 7.89. The zero-order valence-electron chi connectivity index (χ0n) is 26.0. The molecule has 3 aromatic carbocycles. The summed E-state index contributed by atoms with van der Waals surface area (Å²) in [4.78, 5) is 27.2. The molecule has 246 valence electrons. The molecule has 1 saturated carbocycles. The number of hydrazone groups is 1. The molecule has 1 aliphatic carbocycles. The van der Waals surface area contributed by atoms with Crippen molar-refractivity contribution in [3.05, 3.63) is 105 Å². The average Bonchev–Trinajstić information content (AvgIpc) is 3.65. The van der Waals surface area contributed by atoms with E-state index in [4.69, 9.17) is 33.0 Å². The third-order valence-corrected chi connectivity index (χ3v) is 11.5. The van der Waals surface area contributed by atoms with Crippen molar-refractivity contribution in [2.24, 2.45) is 11.0 Å². The molecular formula is C35H35Cl2N3O6S. The molecule has 1 amide bonds. The Hall–Kier alpha value is -3.54. The first-order valence-electron chi connectivity index (χ1n) is 15.5. The number of aryl methyl sites for hydroxylation is 2. The molecule has 12 heteroatoms. The number of carbonyl (C=O) groups excluding carboxylic acids is 2. The van der Waals surface area contributed by atoms with Crippen molar-refractivity contribution in [1.82, 2.24) is 9.31 Å². The predicted octanol–water partition coefficient (Wildman–Crippen LogP) is 6.10. The Morgan fingerprint density at radius 3 is 2.36 bits per heavy atom. The smallest absolute Gasteiger partial charge is 0.325 e. The Morgan fingerprint density at radius 1 is 1.00 bits per heavy atom. The number of benzene rings is 3. The highest BCUT2D eigenvalue weighted by atomic mass is 35.5. The first-order valence-corrected chi connectivity index (χ1v) is 17.7. The zero-order chi connectivity index (χ0) is 33.5. The topological polar surface area (TPSA) is 117 Å². The van der Waals surface area contributed by atoms with E-state index in [-0.39, 0.29) is 23.8 Å². The Balaban J connectivity index is 1.24. The molecule has 0 radical (unpaired) electrons. The van der Waals surface area contributed by atoms with Crippen molar-refractivity contribution < 1.29 is 27.9 Å². The number of sulfonamides is 1. The van der Waals surface area contributed by atoms with Crippen LogP contribution in [0.1, 0.15) is 54.0 Å². The van der Waals surface area contributed by atoms with Crippen molar-refractivity contribution in [3.8, 4) is 0 Å². The lowest BCUT2D eigenvalue weighted by molar-refractivity contribution is -0.155. The maximum Gasteiger partial charge on any atom is 0.325 e. The minimum absolute atomic E-state index is 0.0207. The molecule has 4 unspecified atom stereocenters. The number of ether oxygens (including phenoxy) is 1. The van der Waals surface area contributed by atoms with E-state index in [1.165, 1.54) is 11.1 Å². The van der Waals surface area contributed by atoms with E-state index in [2.05, 4.69) is 6.08 Å². The van der Waals surface area contributed by atoms with Crippen molar-refractivity contribution in [2.75, 3.05) is 13.2 Å². The number of rotatable bonds is 7. The predicted molar refractivity (Wildman–Crippen MR) is 180 cm³/mol. The molecule has 0 aromatic heterocycles. The summed E-state index contributed by atoms with van der Waals surface area (Å²) in [5.41, 5.74) is 5.33. The van der Waals surface area contributed by atoms with Crippen molar-refractivity contribution >= 4 is 56.9 Å². The first-order chi connectivity index (χ1) is 22.4. The van der Waals surface area contributed by atoms with E-state index in [9.17, 15) is 23.1 Å². The second-order valence-electron chi connectivity index (χ2n) is 12.3. The standard InChI is InChI=1S/C35H35Cl2N3O6S/c1-21-6-15-29(16-22(21)2)47(44,45)39-19-28(41)18-31(39)35(43)46-20-32(42)40-34(24-9-13-27(37)14-10-24)30-5-3-4-25(33(30)38-40)17-23-7-11-26(36)12-8-23/h6-17,28,30-31,34,41H,3-5,18-20H2,1-2H3/b25-17+. The Labute approximate surface area is 284 Å². The van der Waals surface area contributed by atoms with Crippen LogP contribution in [0, 0.1) is 19.8 Å². The van der Waals surface area contributed by atoms with E-state index in [0.717, 1.165) is 57.1 Å². The summed E-state index contributed by atoms with van der Waals surface area (Å²) in [6.45, 7) is 2.77. The summed E-state index contributed by atoms with van der Waals surface area (Å²) < 4.78 is 33.5. The van der Waals surface area contributed by atoms with Crippen LogP contribution in [0.5, 0.6) is 0 Å². The fourth-order valence-electron chi connectivity index (χ4n) is 6.53. The zero-order valence-corrected chi connectivity index (χ0v) is 28.3. The number of allylic oxidation sites excluding steroid dienone is 1. The number of amides is 1. The van der Waals surface area contributed by atoms with Crippen LogP contribution in [0.15, 0.2) is 82.3 Å². The van der Waals surface area contributed by atoms with Crippen molar-refractivity contribution in [2.45, 2.75) is 62.6 Å². The van der Waals surface area contributed by atoms with Crippen LogP contribution in [0.2, 0.25) is 10.0 Å². The van der Waals surface area contributed by atoms with Gasteiger partial charge >= 0.3 is 5.97 Å². The summed E-state index contributed by atoms with van der Waals surface area (Å²) in [6, 6.07) is 17.8. The van der Waals surface area contributed by atoms with Gasteiger partial charge in [0.15, 0.2) is 6.61 Å². The number of fused-ring (bicyclic) bond motifs is 1. The van der Waals surface area contributed by atoms with Crippen LogP contribution in [-0.4, -0.2) is 65.7 Å². The summed E-state index contributed by atoms with van der Waals surface area (Å²) in [5.74, 6) is -1.54. The summed E-state index contributed by atoms with van der Waals surface area (Å²) in [6.07, 6.45) is 3.36. The molecule has 1 saturated heterocycles. The lowest BCUT2D eigenvalue weighted by Gasteiger charge is -2.29. The third-order valence-electron chi connectivity index (χ3n) is 9.11. The van der Waals surface area contributed by atoms with Crippen molar-refractivity contribution in [1.29, 1.82) is 0 Å². The minimum atomic E-state index is -4.13. The van der Waals surface area contributed by atoms with Gasteiger partial charge in [0.1, 0.15) is 6.04 Å². The number of esters is 1. The number of β-amino-alcohol motifs (C(OH)–C–C–N with tert-alkyl or cyclic N) is 1. The molecule has 3 aliphatic rings. The summed E-state index contributed by atoms with van der Waals surface area (Å²) in [7, 11) is -4.13. The largest absolute Gasteiger partial charge is 0.454 e. The van der Waals surface area contributed by atoms with Crippen molar-refractivity contribution in [3.63, 3.8) is 0 Å². The molecule has 6 rings (SSSR count).